The minimum absolute atomic E-state index is 0.503. The topological polar surface area (TPSA) is 40.6 Å². The van der Waals surface area contributed by atoms with Crippen LogP contribution in [0.5, 0.6) is 17.2 Å². The molecule has 1 heterocycles. The Balaban J connectivity index is 1.62. The molecule has 0 radical (unpaired) electrons. The molecule has 0 saturated carbocycles. The fourth-order valence-electron chi connectivity index (χ4n) is 3.30. The molecule has 0 atom stereocenters. The Morgan fingerprint density at radius 2 is 1.53 bits per heavy atom. The summed E-state index contributed by atoms with van der Waals surface area (Å²) in [4.78, 5) is 4.82. The molecule has 0 fully saturated rings. The van der Waals surface area contributed by atoms with Crippen LogP contribution in [0, 0.1) is 0 Å². The van der Waals surface area contributed by atoms with E-state index < -0.39 is 0 Å². The van der Waals surface area contributed by atoms with Crippen LogP contribution in [0.25, 0.3) is 23.1 Å². The molecule has 3 aromatic carbocycles. The van der Waals surface area contributed by atoms with E-state index >= 15 is 0 Å². The Labute approximate surface area is 176 Å². The van der Waals surface area contributed by atoms with E-state index in [9.17, 15) is 0 Å². The molecule has 0 saturated heterocycles. The van der Waals surface area contributed by atoms with E-state index in [-0.39, 0.29) is 0 Å². The Hall–Kier alpha value is -3.79. The van der Waals surface area contributed by atoms with E-state index in [1.54, 1.807) is 14.2 Å². The van der Waals surface area contributed by atoms with Crippen LogP contribution in [-0.2, 0) is 6.61 Å². The average Bonchev–Trinajstić information content (AvgIpc) is 2.81. The Morgan fingerprint density at radius 3 is 2.33 bits per heavy atom. The van der Waals surface area contributed by atoms with Gasteiger partial charge in [0.25, 0.3) is 0 Å². The summed E-state index contributed by atoms with van der Waals surface area (Å²) in [6.07, 6.45) is 3.94. The maximum absolute atomic E-state index is 6.07. The normalized spacial score (nSPS) is 11.0. The highest BCUT2D eigenvalue weighted by Gasteiger charge is 2.08. The highest BCUT2D eigenvalue weighted by atomic mass is 16.5. The average molecular weight is 397 g/mol. The number of nitrogens with zero attached hydrogens (tertiary/aromatic N) is 1. The number of hydrogen-bond acceptors (Lipinski definition) is 4. The molecule has 4 aromatic rings. The lowest BCUT2D eigenvalue weighted by Crippen LogP contribution is -1.97. The minimum Gasteiger partial charge on any atom is -0.493 e. The lowest BCUT2D eigenvalue weighted by atomic mass is 10.1. The van der Waals surface area contributed by atoms with Gasteiger partial charge in [-0.05, 0) is 35.9 Å². The third-order valence-corrected chi connectivity index (χ3v) is 4.81. The first-order chi connectivity index (χ1) is 14.8. The Kier molecular flexibility index (Phi) is 5.95. The van der Waals surface area contributed by atoms with E-state index in [0.29, 0.717) is 18.1 Å². The molecule has 0 aliphatic heterocycles. The van der Waals surface area contributed by atoms with E-state index in [0.717, 1.165) is 33.5 Å². The molecular weight excluding hydrogens is 374 g/mol. The molecule has 1 aromatic heterocycles. The molecule has 30 heavy (non-hydrogen) atoms. The van der Waals surface area contributed by atoms with Gasteiger partial charge in [0.15, 0.2) is 11.5 Å². The smallest absolute Gasteiger partial charge is 0.167 e. The number of fused-ring (bicyclic) bond motifs is 1. The van der Waals surface area contributed by atoms with E-state index in [2.05, 4.69) is 6.07 Å². The van der Waals surface area contributed by atoms with Crippen molar-refractivity contribution in [1.29, 1.82) is 0 Å². The van der Waals surface area contributed by atoms with Gasteiger partial charge >= 0.3 is 0 Å². The zero-order valence-corrected chi connectivity index (χ0v) is 17.0. The second-order valence-electron chi connectivity index (χ2n) is 6.75. The maximum Gasteiger partial charge on any atom is 0.167 e. The first-order valence-electron chi connectivity index (χ1n) is 9.74. The predicted octanol–water partition coefficient (Wildman–Crippen LogP) is 6.00. The summed E-state index contributed by atoms with van der Waals surface area (Å²) >= 11 is 0. The lowest BCUT2D eigenvalue weighted by Gasteiger charge is -2.10. The van der Waals surface area contributed by atoms with Crippen molar-refractivity contribution in [2.75, 3.05) is 14.2 Å². The van der Waals surface area contributed by atoms with Gasteiger partial charge in [-0.1, -0.05) is 60.7 Å². The maximum atomic E-state index is 6.07. The van der Waals surface area contributed by atoms with Crippen LogP contribution >= 0.6 is 0 Å². The van der Waals surface area contributed by atoms with Gasteiger partial charge in [0, 0.05) is 10.9 Å². The quantitative estimate of drug-likeness (QED) is 0.383. The van der Waals surface area contributed by atoms with Gasteiger partial charge in [0.2, 0.25) is 0 Å². The fraction of sp³-hybridized carbons (Fsp3) is 0.115. The highest BCUT2D eigenvalue weighted by molar-refractivity contribution is 5.86. The van der Waals surface area contributed by atoms with Crippen molar-refractivity contribution >= 4 is 23.1 Å². The van der Waals surface area contributed by atoms with E-state index in [1.165, 1.54) is 0 Å². The summed E-state index contributed by atoms with van der Waals surface area (Å²) in [6.45, 7) is 0.503. The third kappa shape index (κ3) is 4.28. The molecule has 4 nitrogen and oxygen atoms in total. The van der Waals surface area contributed by atoms with Crippen LogP contribution < -0.4 is 14.2 Å². The molecule has 0 N–H and O–H groups in total. The molecular formula is C26H23NO3. The van der Waals surface area contributed by atoms with E-state index in [4.69, 9.17) is 19.2 Å². The van der Waals surface area contributed by atoms with Crippen LogP contribution in [-0.4, -0.2) is 19.2 Å². The fourth-order valence-corrected chi connectivity index (χ4v) is 3.30. The van der Waals surface area contributed by atoms with Crippen LogP contribution in [0.4, 0.5) is 0 Å². The zero-order valence-electron chi connectivity index (χ0n) is 17.0. The second-order valence-corrected chi connectivity index (χ2v) is 6.75. The summed E-state index contributed by atoms with van der Waals surface area (Å²) in [6, 6.07) is 25.9. The number of rotatable bonds is 7. The van der Waals surface area contributed by atoms with Gasteiger partial charge in [-0.15, -0.1) is 0 Å². The van der Waals surface area contributed by atoms with Crippen LogP contribution in [0.3, 0.4) is 0 Å². The van der Waals surface area contributed by atoms with Gasteiger partial charge in [-0.2, -0.15) is 0 Å². The van der Waals surface area contributed by atoms with E-state index in [1.807, 2.05) is 84.9 Å². The molecule has 150 valence electrons. The SMILES string of the molecule is COc1cccc(C=Cc2ccc3cccc(OCc4ccccc4)c3n2)c1OC. The number of methoxy groups -OCH3 is 2. The van der Waals surface area contributed by atoms with Crippen molar-refractivity contribution in [2.45, 2.75) is 6.61 Å². The number of para-hydroxylation sites is 2. The van der Waals surface area contributed by atoms with Crippen LogP contribution in [0.15, 0.2) is 78.9 Å². The standard InChI is InChI=1S/C26H23NO3/c1-28-24-13-7-11-21(26(24)29-2)15-17-22-16-14-20-10-6-12-23(25(20)27-22)30-18-19-8-4-3-5-9-19/h3-17H,18H2,1-2H3. The zero-order chi connectivity index (χ0) is 20.8. The number of hydrogen-bond donors (Lipinski definition) is 0. The summed E-state index contributed by atoms with van der Waals surface area (Å²) in [7, 11) is 3.27. The molecule has 0 aliphatic rings. The largest absolute Gasteiger partial charge is 0.493 e. The van der Waals surface area contributed by atoms with Crippen molar-refractivity contribution in [2.24, 2.45) is 0 Å². The molecule has 0 unspecified atom stereocenters. The number of ether oxygens (including phenoxy) is 3. The summed E-state index contributed by atoms with van der Waals surface area (Å²) in [5.41, 5.74) is 3.72. The molecule has 4 rings (SSSR count). The van der Waals surface area contributed by atoms with Crippen molar-refractivity contribution in [3.8, 4) is 17.2 Å². The molecule has 0 aliphatic carbocycles. The monoisotopic (exact) mass is 397 g/mol. The third-order valence-electron chi connectivity index (χ3n) is 4.81. The minimum atomic E-state index is 0.503. The van der Waals surface area contributed by atoms with Gasteiger partial charge in [-0.25, -0.2) is 4.98 Å². The Bertz CT molecular complexity index is 1170. The highest BCUT2D eigenvalue weighted by Crippen LogP contribution is 2.32. The van der Waals surface area contributed by atoms with Crippen molar-refractivity contribution in [3.63, 3.8) is 0 Å². The summed E-state index contributed by atoms with van der Waals surface area (Å²) in [5, 5.41) is 1.04. The van der Waals surface area contributed by atoms with Gasteiger partial charge in [0.05, 0.1) is 19.9 Å². The number of benzene rings is 3. The van der Waals surface area contributed by atoms with Crippen molar-refractivity contribution < 1.29 is 14.2 Å². The second kappa shape index (κ2) is 9.14. The van der Waals surface area contributed by atoms with Gasteiger partial charge in [0.1, 0.15) is 17.9 Å². The lowest BCUT2D eigenvalue weighted by molar-refractivity contribution is 0.309. The first kappa shape index (κ1) is 19.5. The van der Waals surface area contributed by atoms with Crippen LogP contribution in [0.2, 0.25) is 0 Å². The molecule has 0 spiro atoms. The molecule has 0 bridgehead atoms. The Morgan fingerprint density at radius 1 is 0.733 bits per heavy atom. The predicted molar refractivity (Wildman–Crippen MR) is 121 cm³/mol. The molecule has 0 amide bonds. The van der Waals surface area contributed by atoms with Crippen molar-refractivity contribution in [1.82, 2.24) is 4.98 Å². The number of aromatic nitrogens is 1. The molecule has 4 heteroatoms. The van der Waals surface area contributed by atoms with Gasteiger partial charge in [-0.3, -0.25) is 0 Å². The van der Waals surface area contributed by atoms with Crippen LogP contribution in [0.1, 0.15) is 16.8 Å². The van der Waals surface area contributed by atoms with Gasteiger partial charge < -0.3 is 14.2 Å². The summed E-state index contributed by atoms with van der Waals surface area (Å²) < 4.78 is 16.9. The number of pyridine rings is 1. The first-order valence-corrected chi connectivity index (χ1v) is 9.74. The van der Waals surface area contributed by atoms with Crippen molar-refractivity contribution in [3.05, 3.63) is 95.7 Å². The summed E-state index contributed by atoms with van der Waals surface area (Å²) in [5.74, 6) is 2.16.